The quantitative estimate of drug-likeness (QED) is 0.460. The van der Waals surface area contributed by atoms with E-state index < -0.39 is 19.9 Å². The molecule has 1 aliphatic rings. The Morgan fingerprint density at radius 2 is 1.84 bits per heavy atom. The molecule has 0 spiro atoms. The largest absolute Gasteiger partial charge is 0.543 e. The number of carbonyl (C=O) groups is 1. The lowest BCUT2D eigenvalue weighted by molar-refractivity contribution is 0.0117. The zero-order valence-corrected chi connectivity index (χ0v) is 21.5. The van der Waals surface area contributed by atoms with E-state index in [0.717, 1.165) is 11.3 Å². The molecule has 6 nitrogen and oxygen atoms in total. The minimum atomic E-state index is -1.97. The number of aliphatic hydroxyl groups is 1. The molecule has 1 aromatic heterocycles. The molecular formula is C24H33ClN2O4Si. The number of pyridine rings is 1. The molecule has 0 radical (unpaired) electrons. The Hall–Kier alpha value is -2.09. The number of aromatic nitrogens is 1. The number of anilines is 1. The summed E-state index contributed by atoms with van der Waals surface area (Å²) in [5.74, 6) is 1.04. The van der Waals surface area contributed by atoms with Crippen LogP contribution in [0.25, 0.3) is 0 Å². The summed E-state index contributed by atoms with van der Waals surface area (Å²) in [7, 11) is -0.617. The third-order valence-corrected chi connectivity index (χ3v) is 11.4. The van der Waals surface area contributed by atoms with Crippen molar-refractivity contribution in [2.75, 3.05) is 25.1 Å². The molecule has 8 heteroatoms. The van der Waals surface area contributed by atoms with Crippen molar-refractivity contribution in [2.24, 2.45) is 0 Å². The monoisotopic (exact) mass is 476 g/mol. The molecule has 32 heavy (non-hydrogen) atoms. The van der Waals surface area contributed by atoms with E-state index in [-0.39, 0.29) is 5.04 Å². The van der Waals surface area contributed by atoms with Crippen LogP contribution in [0.5, 0.6) is 5.75 Å². The minimum Gasteiger partial charge on any atom is -0.543 e. The maximum Gasteiger partial charge on any atom is 0.338 e. The normalized spacial score (nSPS) is 16.6. The Labute approximate surface area is 196 Å². The number of halogens is 1. The van der Waals surface area contributed by atoms with Gasteiger partial charge in [0.05, 0.1) is 23.3 Å². The summed E-state index contributed by atoms with van der Waals surface area (Å²) in [5, 5.41) is 12.0. The second-order valence-corrected chi connectivity index (χ2v) is 15.0. The summed E-state index contributed by atoms with van der Waals surface area (Å²) in [5.41, 5.74) is 0.152. The highest BCUT2D eigenvalue weighted by atomic mass is 35.5. The Morgan fingerprint density at radius 3 is 2.41 bits per heavy atom. The number of nitrogens with zero attached hydrogens (tertiary/aromatic N) is 2. The van der Waals surface area contributed by atoms with Crippen LogP contribution in [0.3, 0.4) is 0 Å². The lowest BCUT2D eigenvalue weighted by atomic mass is 9.84. The van der Waals surface area contributed by atoms with E-state index in [1.54, 1.807) is 18.3 Å². The standard InChI is InChI=1S/C24H33ClN2O4Si/c1-23(2,3)32(5,6)31-18-7-8-19(20(25)16-18)24(29)10-13-27(14-11-24)21-15-17(9-12-26-21)22(28)30-4/h7-9,12,15-16,29H,10-11,13-14H2,1-6H3. The number of benzene rings is 1. The van der Waals surface area contributed by atoms with Crippen LogP contribution in [0, 0.1) is 0 Å². The van der Waals surface area contributed by atoms with Gasteiger partial charge < -0.3 is 19.2 Å². The topological polar surface area (TPSA) is 71.9 Å². The summed E-state index contributed by atoms with van der Waals surface area (Å²) in [6.07, 6.45) is 2.60. The minimum absolute atomic E-state index is 0.0857. The predicted molar refractivity (Wildman–Crippen MR) is 130 cm³/mol. The van der Waals surface area contributed by atoms with E-state index in [0.29, 0.717) is 42.3 Å². The van der Waals surface area contributed by atoms with Gasteiger partial charge in [0.15, 0.2) is 0 Å². The molecule has 1 aromatic carbocycles. The van der Waals surface area contributed by atoms with Crippen molar-refractivity contribution in [3.05, 3.63) is 52.7 Å². The summed E-state index contributed by atoms with van der Waals surface area (Å²) in [6.45, 7) is 12.2. The molecule has 2 heterocycles. The first-order valence-electron chi connectivity index (χ1n) is 10.9. The van der Waals surface area contributed by atoms with E-state index in [2.05, 4.69) is 43.7 Å². The van der Waals surface area contributed by atoms with E-state index in [1.807, 2.05) is 18.2 Å². The van der Waals surface area contributed by atoms with Crippen molar-refractivity contribution >= 4 is 31.7 Å². The highest BCUT2D eigenvalue weighted by Gasteiger charge is 2.40. The molecule has 1 saturated heterocycles. The van der Waals surface area contributed by atoms with Crippen LogP contribution in [0.2, 0.25) is 23.2 Å². The molecule has 1 N–H and O–H groups in total. The molecule has 1 fully saturated rings. The Kier molecular flexibility index (Phi) is 6.93. The first kappa shape index (κ1) is 24.5. The number of carbonyl (C=O) groups excluding carboxylic acids is 1. The Balaban J connectivity index is 1.73. The third kappa shape index (κ3) is 5.11. The summed E-state index contributed by atoms with van der Waals surface area (Å²) >= 11 is 6.62. The van der Waals surface area contributed by atoms with Gasteiger partial charge >= 0.3 is 5.97 Å². The maximum absolute atomic E-state index is 11.8. The van der Waals surface area contributed by atoms with Crippen LogP contribution in [0.15, 0.2) is 36.5 Å². The molecule has 0 unspecified atom stereocenters. The van der Waals surface area contributed by atoms with Crippen molar-refractivity contribution in [2.45, 2.75) is 57.3 Å². The average molecular weight is 477 g/mol. The second-order valence-electron chi connectivity index (χ2n) is 9.92. The fourth-order valence-corrected chi connectivity index (χ4v) is 4.96. The van der Waals surface area contributed by atoms with E-state index in [4.69, 9.17) is 20.8 Å². The van der Waals surface area contributed by atoms with Gasteiger partial charge in [-0.3, -0.25) is 0 Å². The van der Waals surface area contributed by atoms with Gasteiger partial charge in [0, 0.05) is 24.8 Å². The van der Waals surface area contributed by atoms with E-state index >= 15 is 0 Å². The number of hydrogen-bond donors (Lipinski definition) is 1. The summed E-state index contributed by atoms with van der Waals surface area (Å²) in [4.78, 5) is 18.3. The third-order valence-electron chi connectivity index (χ3n) is 6.70. The van der Waals surface area contributed by atoms with Gasteiger partial charge in [-0.05, 0) is 55.2 Å². The van der Waals surface area contributed by atoms with Crippen molar-refractivity contribution in [3.63, 3.8) is 0 Å². The average Bonchev–Trinajstić information content (AvgIpc) is 2.72. The van der Waals surface area contributed by atoms with Gasteiger partial charge in [-0.15, -0.1) is 0 Å². The molecule has 0 atom stereocenters. The molecule has 0 bridgehead atoms. The van der Waals surface area contributed by atoms with Crippen molar-refractivity contribution in [1.82, 2.24) is 4.98 Å². The van der Waals surface area contributed by atoms with E-state index in [9.17, 15) is 9.90 Å². The predicted octanol–water partition coefficient (Wildman–Crippen LogP) is 5.39. The number of piperidine rings is 1. The number of methoxy groups -OCH3 is 1. The fourth-order valence-electron chi connectivity index (χ4n) is 3.60. The summed E-state index contributed by atoms with van der Waals surface area (Å²) in [6, 6.07) is 8.96. The van der Waals surface area contributed by atoms with Crippen molar-refractivity contribution in [3.8, 4) is 5.75 Å². The first-order valence-corrected chi connectivity index (χ1v) is 14.2. The molecule has 0 saturated carbocycles. The molecule has 0 aliphatic carbocycles. The molecule has 3 rings (SSSR count). The SMILES string of the molecule is COC(=O)c1ccnc(N2CCC(O)(c3ccc(O[Si](C)(C)C(C)(C)C)cc3Cl)CC2)c1. The number of ether oxygens (including phenoxy) is 1. The van der Waals surface area contributed by atoms with Crippen molar-refractivity contribution in [1.29, 1.82) is 0 Å². The maximum atomic E-state index is 11.8. The second kappa shape index (κ2) is 9.04. The molecule has 0 amide bonds. The van der Waals surface area contributed by atoms with Crippen LogP contribution in [0.1, 0.15) is 49.5 Å². The smallest absolute Gasteiger partial charge is 0.338 e. The lowest BCUT2D eigenvalue weighted by Crippen LogP contribution is -2.44. The number of esters is 1. The molecular weight excluding hydrogens is 444 g/mol. The molecule has 1 aliphatic heterocycles. The van der Waals surface area contributed by atoms with Gasteiger partial charge in [-0.25, -0.2) is 9.78 Å². The van der Waals surface area contributed by atoms with Gasteiger partial charge in [-0.1, -0.05) is 38.4 Å². The van der Waals surface area contributed by atoms with Gasteiger partial charge in [0.1, 0.15) is 11.6 Å². The van der Waals surface area contributed by atoms with E-state index in [1.165, 1.54) is 7.11 Å². The number of hydrogen-bond acceptors (Lipinski definition) is 6. The Bertz CT molecular complexity index is 982. The Morgan fingerprint density at radius 1 is 1.19 bits per heavy atom. The van der Waals surface area contributed by atoms with Crippen molar-refractivity contribution < 1.29 is 19.1 Å². The fraction of sp³-hybridized carbons (Fsp3) is 0.500. The molecule has 174 valence electrons. The zero-order valence-electron chi connectivity index (χ0n) is 19.7. The zero-order chi connectivity index (χ0) is 23.7. The van der Waals surface area contributed by atoms with Gasteiger partial charge in [0.25, 0.3) is 0 Å². The summed E-state index contributed by atoms with van der Waals surface area (Å²) < 4.78 is 11.1. The van der Waals surface area contributed by atoms with Gasteiger partial charge in [-0.2, -0.15) is 0 Å². The van der Waals surface area contributed by atoms with Crippen LogP contribution in [-0.2, 0) is 10.3 Å². The highest BCUT2D eigenvalue weighted by molar-refractivity contribution is 6.74. The highest BCUT2D eigenvalue weighted by Crippen LogP contribution is 2.41. The van der Waals surface area contributed by atoms with Crippen LogP contribution < -0.4 is 9.33 Å². The lowest BCUT2D eigenvalue weighted by Gasteiger charge is -2.40. The van der Waals surface area contributed by atoms with Crippen LogP contribution in [0.4, 0.5) is 5.82 Å². The first-order chi connectivity index (χ1) is 14.9. The number of rotatable bonds is 5. The van der Waals surface area contributed by atoms with Crippen LogP contribution >= 0.6 is 11.6 Å². The van der Waals surface area contributed by atoms with Crippen LogP contribution in [-0.4, -0.2) is 44.6 Å². The molecule has 2 aromatic rings. The van der Waals surface area contributed by atoms with Gasteiger partial charge in [0.2, 0.25) is 8.32 Å².